The molecule has 2 unspecified atom stereocenters. The van der Waals surface area contributed by atoms with Gasteiger partial charge in [-0.25, -0.2) is 0 Å². The van der Waals surface area contributed by atoms with Crippen LogP contribution in [0.2, 0.25) is 10.0 Å². The van der Waals surface area contributed by atoms with Crippen molar-refractivity contribution in [2.24, 2.45) is 0 Å². The Morgan fingerprint density at radius 2 is 1.32 bits per heavy atom. The molecule has 0 aliphatic carbocycles. The van der Waals surface area contributed by atoms with Gasteiger partial charge in [-0.1, -0.05) is 66.0 Å². The number of hydrogen-bond acceptors (Lipinski definition) is 3. The van der Waals surface area contributed by atoms with E-state index >= 15 is 0 Å². The van der Waals surface area contributed by atoms with Crippen LogP contribution >= 0.6 is 23.2 Å². The molecule has 6 heteroatoms. The highest BCUT2D eigenvalue weighted by Crippen LogP contribution is 2.14. The minimum atomic E-state index is 0.0790. The molecule has 0 fully saturated rings. The van der Waals surface area contributed by atoms with Crippen molar-refractivity contribution < 1.29 is 4.79 Å². The van der Waals surface area contributed by atoms with Gasteiger partial charge in [-0.05, 0) is 112 Å². The van der Waals surface area contributed by atoms with Crippen molar-refractivity contribution in [2.45, 2.75) is 70.9 Å². The monoisotopic (exact) mass is 553 g/mol. The van der Waals surface area contributed by atoms with Crippen molar-refractivity contribution in [2.75, 3.05) is 18.4 Å². The first-order valence-electron chi connectivity index (χ1n) is 13.7. The van der Waals surface area contributed by atoms with Gasteiger partial charge in [0.15, 0.2) is 0 Å². The Bertz CT molecular complexity index is 1120. The fourth-order valence-electron chi connectivity index (χ4n) is 4.52. The Hall–Kier alpha value is -2.37. The lowest BCUT2D eigenvalue weighted by Gasteiger charge is -2.15. The van der Waals surface area contributed by atoms with E-state index in [0.29, 0.717) is 18.5 Å². The second-order valence-corrected chi connectivity index (χ2v) is 11.0. The zero-order chi connectivity index (χ0) is 27.2. The van der Waals surface area contributed by atoms with E-state index in [1.807, 2.05) is 48.5 Å². The summed E-state index contributed by atoms with van der Waals surface area (Å²) in [6.07, 6.45) is 6.38. The maximum atomic E-state index is 12.4. The third kappa shape index (κ3) is 12.0. The summed E-state index contributed by atoms with van der Waals surface area (Å²) >= 11 is 12.1. The first kappa shape index (κ1) is 30.2. The summed E-state index contributed by atoms with van der Waals surface area (Å²) in [5.74, 6) is 0.0790. The number of unbranched alkanes of at least 4 members (excludes halogenated alkanes) is 1. The lowest BCUT2D eigenvalue weighted by Crippen LogP contribution is -2.30. The molecule has 0 saturated heterocycles. The maximum Gasteiger partial charge on any atom is 0.224 e. The quantitative estimate of drug-likeness (QED) is 0.161. The SMILES string of the molecule is CC(CCCCC(=O)Nc1ccc(CC(C)NCCc2cccc(Cl)c2)cc1)NCCc1cccc(Cl)c1. The van der Waals surface area contributed by atoms with Gasteiger partial charge in [0.1, 0.15) is 0 Å². The highest BCUT2D eigenvalue weighted by atomic mass is 35.5. The van der Waals surface area contributed by atoms with Crippen molar-refractivity contribution in [3.05, 3.63) is 99.5 Å². The summed E-state index contributed by atoms with van der Waals surface area (Å²) in [4.78, 5) is 12.4. The Balaban J connectivity index is 1.25. The standard InChI is InChI=1S/C32H41Cl2N3O/c1-24(35-19-17-26-8-5-10-29(33)22-26)7-3-4-12-32(38)37-31-15-13-28(14-16-31)21-25(2)36-20-18-27-9-6-11-30(34)23-27/h5-6,8-11,13-16,22-25,35-36H,3-4,7,12,17-21H2,1-2H3,(H,37,38). The predicted octanol–water partition coefficient (Wildman–Crippen LogP) is 7.48. The van der Waals surface area contributed by atoms with Gasteiger partial charge in [0.25, 0.3) is 0 Å². The fourth-order valence-corrected chi connectivity index (χ4v) is 4.95. The predicted molar refractivity (Wildman–Crippen MR) is 162 cm³/mol. The van der Waals surface area contributed by atoms with E-state index in [1.165, 1.54) is 16.7 Å². The van der Waals surface area contributed by atoms with E-state index in [4.69, 9.17) is 23.2 Å². The van der Waals surface area contributed by atoms with E-state index in [9.17, 15) is 4.79 Å². The number of anilines is 1. The van der Waals surface area contributed by atoms with Gasteiger partial charge >= 0.3 is 0 Å². The van der Waals surface area contributed by atoms with Crippen molar-refractivity contribution in [3.63, 3.8) is 0 Å². The van der Waals surface area contributed by atoms with Gasteiger partial charge in [-0.2, -0.15) is 0 Å². The maximum absolute atomic E-state index is 12.4. The van der Waals surface area contributed by atoms with Crippen molar-refractivity contribution in [3.8, 4) is 0 Å². The highest BCUT2D eigenvalue weighted by molar-refractivity contribution is 6.30. The van der Waals surface area contributed by atoms with Crippen LogP contribution in [0.1, 0.15) is 56.2 Å². The van der Waals surface area contributed by atoms with Crippen molar-refractivity contribution >= 4 is 34.8 Å². The number of hydrogen-bond donors (Lipinski definition) is 3. The van der Waals surface area contributed by atoms with Crippen LogP contribution in [0.5, 0.6) is 0 Å². The molecule has 3 aromatic rings. The topological polar surface area (TPSA) is 53.2 Å². The molecule has 0 aliphatic rings. The number of rotatable bonds is 16. The molecule has 0 aliphatic heterocycles. The van der Waals surface area contributed by atoms with Crippen LogP contribution in [0, 0.1) is 0 Å². The number of carbonyl (C=O) groups excluding carboxylic acids is 1. The molecular formula is C32H41Cl2N3O. The number of amides is 1. The molecule has 1 amide bonds. The number of halogens is 2. The molecule has 0 heterocycles. The van der Waals surface area contributed by atoms with Crippen LogP contribution in [0.25, 0.3) is 0 Å². The number of nitrogens with one attached hydrogen (secondary N) is 3. The molecule has 2 atom stereocenters. The molecule has 0 spiro atoms. The summed E-state index contributed by atoms with van der Waals surface area (Å²) in [5, 5.41) is 11.7. The largest absolute Gasteiger partial charge is 0.326 e. The van der Waals surface area contributed by atoms with Crippen LogP contribution in [0.4, 0.5) is 5.69 Å². The second-order valence-electron chi connectivity index (χ2n) is 10.2. The average Bonchev–Trinajstić information content (AvgIpc) is 2.88. The molecule has 204 valence electrons. The third-order valence-electron chi connectivity index (χ3n) is 6.66. The number of carbonyl (C=O) groups is 1. The van der Waals surface area contributed by atoms with Gasteiger partial charge in [0, 0.05) is 34.2 Å². The first-order valence-corrected chi connectivity index (χ1v) is 14.5. The summed E-state index contributed by atoms with van der Waals surface area (Å²) in [5.41, 5.74) is 4.60. The van der Waals surface area contributed by atoms with E-state index in [1.54, 1.807) is 0 Å². The van der Waals surface area contributed by atoms with Crippen LogP contribution in [-0.4, -0.2) is 31.1 Å². The zero-order valence-electron chi connectivity index (χ0n) is 22.6. The Labute approximate surface area is 238 Å². The minimum Gasteiger partial charge on any atom is -0.326 e. The van der Waals surface area contributed by atoms with Crippen LogP contribution in [-0.2, 0) is 24.1 Å². The lowest BCUT2D eigenvalue weighted by molar-refractivity contribution is -0.116. The van der Waals surface area contributed by atoms with Crippen LogP contribution < -0.4 is 16.0 Å². The molecule has 0 aromatic heterocycles. The summed E-state index contributed by atoms with van der Waals surface area (Å²) < 4.78 is 0. The fraction of sp³-hybridized carbons (Fsp3) is 0.406. The Kier molecular flexibility index (Phi) is 13.2. The summed E-state index contributed by atoms with van der Waals surface area (Å²) in [6.45, 7) is 6.24. The Morgan fingerprint density at radius 3 is 1.89 bits per heavy atom. The number of benzene rings is 3. The van der Waals surface area contributed by atoms with Gasteiger partial charge in [0.05, 0.1) is 0 Å². The van der Waals surface area contributed by atoms with Gasteiger partial charge in [-0.15, -0.1) is 0 Å². The molecule has 0 saturated carbocycles. The molecule has 4 nitrogen and oxygen atoms in total. The van der Waals surface area contributed by atoms with E-state index in [2.05, 4.69) is 54.1 Å². The van der Waals surface area contributed by atoms with Gasteiger partial charge in [0.2, 0.25) is 5.91 Å². The molecule has 3 aromatic carbocycles. The average molecular weight is 555 g/mol. The molecular weight excluding hydrogens is 513 g/mol. The summed E-state index contributed by atoms with van der Waals surface area (Å²) in [6, 6.07) is 25.0. The third-order valence-corrected chi connectivity index (χ3v) is 7.13. The van der Waals surface area contributed by atoms with Crippen molar-refractivity contribution in [1.82, 2.24) is 10.6 Å². The van der Waals surface area contributed by atoms with Crippen molar-refractivity contribution in [1.29, 1.82) is 0 Å². The van der Waals surface area contributed by atoms with Gasteiger partial charge < -0.3 is 16.0 Å². The van der Waals surface area contributed by atoms with Crippen LogP contribution in [0.3, 0.4) is 0 Å². The lowest BCUT2D eigenvalue weighted by atomic mass is 10.1. The molecule has 3 rings (SSSR count). The smallest absolute Gasteiger partial charge is 0.224 e. The van der Waals surface area contributed by atoms with Crippen LogP contribution in [0.15, 0.2) is 72.8 Å². The van der Waals surface area contributed by atoms with Gasteiger partial charge in [-0.3, -0.25) is 4.79 Å². The first-order chi connectivity index (χ1) is 18.4. The normalized spacial score (nSPS) is 12.7. The zero-order valence-corrected chi connectivity index (χ0v) is 24.1. The minimum absolute atomic E-state index is 0.0790. The van der Waals surface area contributed by atoms with E-state index < -0.39 is 0 Å². The Morgan fingerprint density at radius 1 is 0.737 bits per heavy atom. The second kappa shape index (κ2) is 16.6. The van der Waals surface area contributed by atoms with E-state index in [0.717, 1.165) is 67.3 Å². The van der Waals surface area contributed by atoms with E-state index in [-0.39, 0.29) is 5.91 Å². The highest BCUT2D eigenvalue weighted by Gasteiger charge is 2.07. The summed E-state index contributed by atoms with van der Waals surface area (Å²) in [7, 11) is 0. The molecule has 38 heavy (non-hydrogen) atoms. The molecule has 0 radical (unpaired) electrons. The molecule has 0 bridgehead atoms. The molecule has 3 N–H and O–H groups in total.